The van der Waals surface area contributed by atoms with Crippen molar-refractivity contribution in [2.45, 2.75) is 32.4 Å². The Hall–Kier alpha value is -1.62. The number of nitrogens with zero attached hydrogens (tertiary/aromatic N) is 1. The lowest BCUT2D eigenvalue weighted by Crippen LogP contribution is -2.28. The number of allylic oxidation sites excluding steroid dienone is 4. The minimum atomic E-state index is -2.13. The highest BCUT2D eigenvalue weighted by Crippen LogP contribution is 2.46. The number of rotatable bonds is 1. The van der Waals surface area contributed by atoms with Crippen LogP contribution in [-0.4, -0.2) is 10.7 Å². The van der Waals surface area contributed by atoms with E-state index in [1.807, 2.05) is 26.0 Å². The van der Waals surface area contributed by atoms with Gasteiger partial charge in [0.25, 0.3) is 0 Å². The molecule has 0 saturated carbocycles. The predicted molar refractivity (Wildman–Crippen MR) is 79.7 cm³/mol. The highest BCUT2D eigenvalue weighted by Gasteiger charge is 2.42. The van der Waals surface area contributed by atoms with Crippen molar-refractivity contribution >= 4 is 21.6 Å². The van der Waals surface area contributed by atoms with Crippen molar-refractivity contribution in [1.29, 1.82) is 0 Å². The molecular weight excluding hydrogens is 295 g/mol. The van der Waals surface area contributed by atoms with Crippen LogP contribution in [0.25, 0.3) is 10.2 Å². The van der Waals surface area contributed by atoms with Gasteiger partial charge in [-0.25, -0.2) is 18.2 Å². The van der Waals surface area contributed by atoms with E-state index in [2.05, 4.69) is 4.98 Å². The van der Waals surface area contributed by atoms with Gasteiger partial charge in [-0.2, -0.15) is 0 Å². The van der Waals surface area contributed by atoms with E-state index < -0.39 is 23.2 Å². The number of benzene rings is 1. The molecule has 2 unspecified atom stereocenters. The second-order valence-corrected chi connectivity index (χ2v) is 6.60. The van der Waals surface area contributed by atoms with Crippen LogP contribution in [0, 0.1) is 13.8 Å². The van der Waals surface area contributed by atoms with E-state index in [9.17, 15) is 13.2 Å². The molecule has 1 heterocycles. The minimum absolute atomic E-state index is 0.338. The molecule has 21 heavy (non-hydrogen) atoms. The zero-order valence-corrected chi connectivity index (χ0v) is 12.7. The Balaban J connectivity index is 2.19. The van der Waals surface area contributed by atoms with Crippen LogP contribution in [0.1, 0.15) is 29.0 Å². The average molecular weight is 309 g/mol. The molecule has 1 aliphatic carbocycles. The van der Waals surface area contributed by atoms with Crippen LogP contribution in [0.2, 0.25) is 0 Å². The van der Waals surface area contributed by atoms with Gasteiger partial charge in [0.15, 0.2) is 0 Å². The molecular formula is C16H14F3NS. The molecule has 0 fully saturated rings. The van der Waals surface area contributed by atoms with E-state index in [1.54, 1.807) is 0 Å². The number of hydrogen-bond donors (Lipinski definition) is 0. The van der Waals surface area contributed by atoms with Gasteiger partial charge in [0, 0.05) is 6.08 Å². The Bertz CT molecular complexity index is 747. The zero-order chi connectivity index (χ0) is 15.4. The maximum atomic E-state index is 14.6. The SMILES string of the molecule is Cc1ccc(C)c2sc(C3C(F)=CC(F)=CC3(C)F)nc12. The minimum Gasteiger partial charge on any atom is -0.240 e. The fourth-order valence-electron chi connectivity index (χ4n) is 2.64. The summed E-state index contributed by atoms with van der Waals surface area (Å²) >= 11 is 1.27. The third kappa shape index (κ3) is 2.29. The van der Waals surface area contributed by atoms with Crippen LogP contribution < -0.4 is 0 Å². The lowest BCUT2D eigenvalue weighted by Gasteiger charge is -2.27. The molecule has 1 aromatic heterocycles. The molecule has 0 N–H and O–H groups in total. The Morgan fingerprint density at radius 3 is 2.48 bits per heavy atom. The normalized spacial score (nSPS) is 25.9. The third-order valence-electron chi connectivity index (χ3n) is 3.74. The van der Waals surface area contributed by atoms with Gasteiger partial charge in [0.1, 0.15) is 28.2 Å². The summed E-state index contributed by atoms with van der Waals surface area (Å²) in [5, 5.41) is 0.338. The Morgan fingerprint density at radius 1 is 1.19 bits per heavy atom. The van der Waals surface area contributed by atoms with Crippen LogP contribution in [-0.2, 0) is 0 Å². The number of fused-ring (bicyclic) bond motifs is 1. The van der Waals surface area contributed by atoms with Crippen molar-refractivity contribution in [1.82, 2.24) is 4.98 Å². The monoisotopic (exact) mass is 309 g/mol. The van der Waals surface area contributed by atoms with Crippen LogP contribution >= 0.6 is 11.3 Å². The van der Waals surface area contributed by atoms with Crippen molar-refractivity contribution in [2.75, 3.05) is 0 Å². The summed E-state index contributed by atoms with van der Waals surface area (Å²) in [6.45, 7) is 5.02. The van der Waals surface area contributed by atoms with E-state index in [1.165, 1.54) is 18.3 Å². The van der Waals surface area contributed by atoms with Crippen molar-refractivity contribution in [3.63, 3.8) is 0 Å². The molecule has 1 aliphatic rings. The summed E-state index contributed by atoms with van der Waals surface area (Å²) in [4.78, 5) is 4.41. The van der Waals surface area contributed by atoms with E-state index in [0.29, 0.717) is 5.01 Å². The summed E-state index contributed by atoms with van der Waals surface area (Å²) < 4.78 is 42.9. The van der Waals surface area contributed by atoms with Gasteiger partial charge in [-0.15, -0.1) is 11.3 Å². The first-order chi connectivity index (χ1) is 9.79. The van der Waals surface area contributed by atoms with E-state index in [-0.39, 0.29) is 0 Å². The maximum absolute atomic E-state index is 14.6. The second-order valence-electron chi connectivity index (χ2n) is 5.57. The molecule has 2 atom stereocenters. The Morgan fingerprint density at radius 2 is 1.86 bits per heavy atom. The maximum Gasteiger partial charge on any atom is 0.144 e. The number of aryl methyl sites for hydroxylation is 2. The Labute approximate surface area is 124 Å². The van der Waals surface area contributed by atoms with Gasteiger partial charge in [-0.1, -0.05) is 12.1 Å². The fraction of sp³-hybridized carbons (Fsp3) is 0.312. The molecule has 3 rings (SSSR count). The van der Waals surface area contributed by atoms with Crippen molar-refractivity contribution < 1.29 is 13.2 Å². The fourth-order valence-corrected chi connectivity index (χ4v) is 3.98. The highest BCUT2D eigenvalue weighted by atomic mass is 32.1. The standard InChI is InChI=1S/C16H14F3NS/c1-8-4-5-9(2)14-13(8)20-15(21-14)12-11(18)6-10(17)7-16(12,3)19/h4-7,12H,1-3H3. The first kappa shape index (κ1) is 14.3. The van der Waals surface area contributed by atoms with Crippen molar-refractivity contribution in [3.05, 3.63) is 52.1 Å². The molecule has 0 amide bonds. The number of thiazole rings is 1. The smallest absolute Gasteiger partial charge is 0.144 e. The molecule has 0 radical (unpaired) electrons. The largest absolute Gasteiger partial charge is 0.240 e. The molecule has 0 aliphatic heterocycles. The third-order valence-corrected chi connectivity index (χ3v) is 5.00. The van der Waals surface area contributed by atoms with Crippen molar-refractivity contribution in [3.8, 4) is 0 Å². The van der Waals surface area contributed by atoms with Crippen LogP contribution in [0.3, 0.4) is 0 Å². The molecule has 0 spiro atoms. The summed E-state index contributed by atoms with van der Waals surface area (Å²) in [5.74, 6) is -2.90. The number of aromatic nitrogens is 1. The molecule has 5 heteroatoms. The van der Waals surface area contributed by atoms with Gasteiger partial charge < -0.3 is 0 Å². The zero-order valence-electron chi connectivity index (χ0n) is 11.9. The van der Waals surface area contributed by atoms with Gasteiger partial charge in [0.2, 0.25) is 0 Å². The van der Waals surface area contributed by atoms with Crippen molar-refractivity contribution in [2.24, 2.45) is 0 Å². The second kappa shape index (κ2) is 4.70. The van der Waals surface area contributed by atoms with Gasteiger partial charge in [-0.3, -0.25) is 0 Å². The van der Waals surface area contributed by atoms with Crippen LogP contribution in [0.15, 0.2) is 35.9 Å². The number of hydrogen-bond acceptors (Lipinski definition) is 2. The van der Waals surface area contributed by atoms with E-state index in [0.717, 1.165) is 33.5 Å². The lowest BCUT2D eigenvalue weighted by molar-refractivity contribution is 0.202. The molecule has 2 aromatic rings. The van der Waals surface area contributed by atoms with Gasteiger partial charge in [0.05, 0.1) is 10.2 Å². The van der Waals surface area contributed by atoms with E-state index >= 15 is 0 Å². The molecule has 0 saturated heterocycles. The lowest BCUT2D eigenvalue weighted by atomic mass is 9.86. The van der Waals surface area contributed by atoms with Gasteiger partial charge >= 0.3 is 0 Å². The molecule has 0 bridgehead atoms. The van der Waals surface area contributed by atoms with Gasteiger partial charge in [-0.05, 0) is 38.0 Å². The molecule has 1 aromatic carbocycles. The number of alkyl halides is 1. The topological polar surface area (TPSA) is 12.9 Å². The predicted octanol–water partition coefficient (Wildman–Crippen LogP) is 5.45. The summed E-state index contributed by atoms with van der Waals surface area (Å²) in [6.07, 6.45) is 1.55. The molecule has 110 valence electrons. The summed E-state index contributed by atoms with van der Waals surface area (Å²) in [5.41, 5.74) is 0.606. The van der Waals surface area contributed by atoms with E-state index in [4.69, 9.17) is 0 Å². The first-order valence-electron chi connectivity index (χ1n) is 6.60. The average Bonchev–Trinajstić information content (AvgIpc) is 2.77. The molecule has 1 nitrogen and oxygen atoms in total. The van der Waals surface area contributed by atoms with Crippen LogP contribution in [0.5, 0.6) is 0 Å². The highest BCUT2D eigenvalue weighted by molar-refractivity contribution is 7.18. The Kier molecular flexibility index (Phi) is 3.20. The van der Waals surface area contributed by atoms with Crippen LogP contribution in [0.4, 0.5) is 13.2 Å². The number of halogens is 3. The quantitative estimate of drug-likeness (QED) is 0.683. The summed E-state index contributed by atoms with van der Waals surface area (Å²) in [6, 6.07) is 3.89. The first-order valence-corrected chi connectivity index (χ1v) is 7.42. The summed E-state index contributed by atoms with van der Waals surface area (Å²) in [7, 11) is 0.